The summed E-state index contributed by atoms with van der Waals surface area (Å²) in [6, 6.07) is 5.72. The molecule has 0 fully saturated rings. The lowest BCUT2D eigenvalue weighted by atomic mass is 10.3. The molecule has 0 saturated carbocycles. The zero-order valence-corrected chi connectivity index (χ0v) is 7.53. The van der Waals surface area contributed by atoms with Crippen LogP contribution in [0.25, 0.3) is 0 Å². The van der Waals surface area contributed by atoms with Gasteiger partial charge in [0.2, 0.25) is 0 Å². The molecule has 0 saturated heterocycles. The molecule has 0 aliphatic heterocycles. The third kappa shape index (κ3) is 1.64. The molecule has 2 nitrogen and oxygen atoms in total. The molecule has 0 spiro atoms. The van der Waals surface area contributed by atoms with E-state index >= 15 is 0 Å². The van der Waals surface area contributed by atoms with Crippen LogP contribution in [0.3, 0.4) is 0 Å². The van der Waals surface area contributed by atoms with Gasteiger partial charge in [-0.3, -0.25) is 0 Å². The van der Waals surface area contributed by atoms with E-state index in [9.17, 15) is 8.60 Å². The molecule has 0 aliphatic rings. The summed E-state index contributed by atoms with van der Waals surface area (Å²) < 4.78 is 31.7. The molecule has 1 atom stereocenters. The molecule has 0 aromatic heterocycles. The number of benzene rings is 1. The molecule has 0 aliphatic carbocycles. The second-order valence-electron chi connectivity index (χ2n) is 2.39. The first-order valence-corrected chi connectivity index (χ1v) is 5.31. The fourth-order valence-corrected chi connectivity index (χ4v) is 1.86. The van der Waals surface area contributed by atoms with Crippen molar-refractivity contribution in [1.29, 1.82) is 4.78 Å². The summed E-state index contributed by atoms with van der Waals surface area (Å²) >= 11 is 0. The zero-order valence-electron chi connectivity index (χ0n) is 6.71. The minimum atomic E-state index is -2.90. The SMILES string of the molecule is CC[S@](=N)(=O)c1ccccc1F. The first kappa shape index (κ1) is 9.19. The fraction of sp³-hybridized carbons (Fsp3) is 0.250. The van der Waals surface area contributed by atoms with Gasteiger partial charge in [-0.25, -0.2) is 13.4 Å². The summed E-state index contributed by atoms with van der Waals surface area (Å²) in [4.78, 5) is 0.00694. The Morgan fingerprint density at radius 1 is 1.50 bits per heavy atom. The quantitative estimate of drug-likeness (QED) is 0.758. The van der Waals surface area contributed by atoms with Gasteiger partial charge in [-0.2, -0.15) is 0 Å². The van der Waals surface area contributed by atoms with Gasteiger partial charge in [0.25, 0.3) is 0 Å². The van der Waals surface area contributed by atoms with Crippen LogP contribution >= 0.6 is 0 Å². The summed E-state index contributed by atoms with van der Waals surface area (Å²) in [5, 5.41) is 0. The Bertz CT molecular complexity index is 372. The summed E-state index contributed by atoms with van der Waals surface area (Å²) in [6.45, 7) is 1.61. The van der Waals surface area contributed by atoms with Crippen molar-refractivity contribution in [3.8, 4) is 0 Å². The standard InChI is InChI=1S/C8H10FNOS/c1-2-12(10,11)8-6-4-3-5-7(8)9/h3-6,10H,2H2,1H3/t12-/m0/s1. The maximum absolute atomic E-state index is 13.0. The molecule has 1 N–H and O–H groups in total. The van der Waals surface area contributed by atoms with Crippen LogP contribution in [0.1, 0.15) is 6.92 Å². The average molecular weight is 187 g/mol. The number of nitrogens with one attached hydrogen (secondary N) is 1. The van der Waals surface area contributed by atoms with Crippen LogP contribution in [0.4, 0.5) is 4.39 Å². The van der Waals surface area contributed by atoms with E-state index in [-0.39, 0.29) is 10.6 Å². The van der Waals surface area contributed by atoms with Gasteiger partial charge in [-0.15, -0.1) is 0 Å². The van der Waals surface area contributed by atoms with E-state index < -0.39 is 15.5 Å². The smallest absolute Gasteiger partial charge is 0.140 e. The van der Waals surface area contributed by atoms with E-state index in [2.05, 4.69) is 0 Å². The molecule has 0 amide bonds. The average Bonchev–Trinajstić information content (AvgIpc) is 2.05. The monoisotopic (exact) mass is 187 g/mol. The van der Waals surface area contributed by atoms with Crippen LogP contribution in [0.2, 0.25) is 0 Å². The molecule has 0 unspecified atom stereocenters. The van der Waals surface area contributed by atoms with Crippen molar-refractivity contribution in [3.05, 3.63) is 30.1 Å². The predicted octanol–water partition coefficient (Wildman–Crippen LogP) is 2.25. The van der Waals surface area contributed by atoms with E-state index in [1.165, 1.54) is 18.2 Å². The molecule has 12 heavy (non-hydrogen) atoms. The lowest BCUT2D eigenvalue weighted by Crippen LogP contribution is -2.03. The van der Waals surface area contributed by atoms with E-state index in [0.29, 0.717) is 0 Å². The molecule has 1 aromatic rings. The van der Waals surface area contributed by atoms with Crippen molar-refractivity contribution in [3.63, 3.8) is 0 Å². The minimum Gasteiger partial charge on any atom is -0.249 e. The van der Waals surface area contributed by atoms with Crippen LogP contribution in [-0.2, 0) is 9.73 Å². The van der Waals surface area contributed by atoms with Crippen molar-refractivity contribution in [2.24, 2.45) is 0 Å². The zero-order chi connectivity index (χ0) is 9.19. The number of halogens is 1. The second kappa shape index (κ2) is 3.23. The molecular formula is C8H10FNOS. The highest BCUT2D eigenvalue weighted by atomic mass is 32.2. The predicted molar refractivity (Wildman–Crippen MR) is 46.1 cm³/mol. The van der Waals surface area contributed by atoms with Crippen molar-refractivity contribution in [2.45, 2.75) is 11.8 Å². The highest BCUT2D eigenvalue weighted by molar-refractivity contribution is 7.92. The van der Waals surface area contributed by atoms with Gasteiger partial charge in [0.05, 0.1) is 14.6 Å². The molecule has 1 aromatic carbocycles. The summed E-state index contributed by atoms with van der Waals surface area (Å²) in [5.41, 5.74) is 0. The lowest BCUT2D eigenvalue weighted by Gasteiger charge is -2.04. The maximum Gasteiger partial charge on any atom is 0.140 e. The van der Waals surface area contributed by atoms with Gasteiger partial charge in [0.15, 0.2) is 0 Å². The van der Waals surface area contributed by atoms with Gasteiger partial charge in [-0.1, -0.05) is 19.1 Å². The molecule has 0 heterocycles. The Morgan fingerprint density at radius 2 is 2.08 bits per heavy atom. The van der Waals surface area contributed by atoms with Gasteiger partial charge in [-0.05, 0) is 12.1 Å². The van der Waals surface area contributed by atoms with Crippen molar-refractivity contribution in [1.82, 2.24) is 0 Å². The van der Waals surface area contributed by atoms with Gasteiger partial charge in [0.1, 0.15) is 5.82 Å². The van der Waals surface area contributed by atoms with Crippen molar-refractivity contribution >= 4 is 9.73 Å². The summed E-state index contributed by atoms with van der Waals surface area (Å²) in [7, 11) is -2.90. The molecule has 1 rings (SSSR count). The third-order valence-electron chi connectivity index (χ3n) is 1.60. The molecule has 0 bridgehead atoms. The van der Waals surface area contributed by atoms with Gasteiger partial charge < -0.3 is 0 Å². The number of rotatable bonds is 2. The highest BCUT2D eigenvalue weighted by Crippen LogP contribution is 2.15. The van der Waals surface area contributed by atoms with Crippen LogP contribution in [0.5, 0.6) is 0 Å². The molecular weight excluding hydrogens is 177 g/mol. The normalized spacial score (nSPS) is 15.5. The Kier molecular flexibility index (Phi) is 2.47. The number of hydrogen-bond acceptors (Lipinski definition) is 2. The van der Waals surface area contributed by atoms with E-state index in [0.717, 1.165) is 0 Å². The van der Waals surface area contributed by atoms with E-state index in [1.54, 1.807) is 13.0 Å². The van der Waals surface area contributed by atoms with Gasteiger partial charge in [0, 0.05) is 5.75 Å². The molecule has 66 valence electrons. The second-order valence-corrected chi connectivity index (χ2v) is 4.76. The maximum atomic E-state index is 13.0. The van der Waals surface area contributed by atoms with E-state index in [4.69, 9.17) is 4.78 Å². The van der Waals surface area contributed by atoms with Crippen LogP contribution in [0, 0.1) is 10.6 Å². The first-order chi connectivity index (χ1) is 5.58. The van der Waals surface area contributed by atoms with Gasteiger partial charge >= 0.3 is 0 Å². The van der Waals surface area contributed by atoms with Crippen LogP contribution < -0.4 is 0 Å². The Labute approximate surface area is 71.4 Å². The molecule has 0 radical (unpaired) electrons. The Morgan fingerprint density at radius 3 is 2.58 bits per heavy atom. The topological polar surface area (TPSA) is 40.9 Å². The Hall–Kier alpha value is -0.900. The first-order valence-electron chi connectivity index (χ1n) is 3.59. The lowest BCUT2D eigenvalue weighted by molar-refractivity contribution is 0.593. The number of hydrogen-bond donors (Lipinski definition) is 1. The Balaban J connectivity index is 3.30. The largest absolute Gasteiger partial charge is 0.249 e. The van der Waals surface area contributed by atoms with Crippen molar-refractivity contribution in [2.75, 3.05) is 5.75 Å². The fourth-order valence-electron chi connectivity index (χ4n) is 0.868. The highest BCUT2D eigenvalue weighted by Gasteiger charge is 2.11. The van der Waals surface area contributed by atoms with Crippen LogP contribution in [0.15, 0.2) is 29.2 Å². The van der Waals surface area contributed by atoms with E-state index in [1.807, 2.05) is 0 Å². The summed E-state index contributed by atoms with van der Waals surface area (Å²) in [6.07, 6.45) is 0. The van der Waals surface area contributed by atoms with Crippen molar-refractivity contribution < 1.29 is 8.60 Å². The van der Waals surface area contributed by atoms with Crippen LogP contribution in [-0.4, -0.2) is 9.96 Å². The molecule has 4 heteroatoms. The summed E-state index contributed by atoms with van der Waals surface area (Å²) in [5.74, 6) is -0.409. The minimum absolute atomic E-state index is 0.00694. The third-order valence-corrected chi connectivity index (χ3v) is 3.45.